The molecule has 0 unspecified atom stereocenters. The van der Waals surface area contributed by atoms with Crippen LogP contribution in [0.3, 0.4) is 0 Å². The Balaban J connectivity index is 2.17. The Kier molecular flexibility index (Phi) is 4.60. The summed E-state index contributed by atoms with van der Waals surface area (Å²) in [5.74, 6) is 0.228. The average Bonchev–Trinajstić information content (AvgIpc) is 2.44. The Hall–Kier alpha value is -0.910. The van der Waals surface area contributed by atoms with Gasteiger partial charge in [0.15, 0.2) is 11.0 Å². The van der Waals surface area contributed by atoms with Gasteiger partial charge in [-0.15, -0.1) is 0 Å². The normalized spacial score (nSPS) is 18.1. The molecule has 5 nitrogen and oxygen atoms in total. The molecule has 0 bridgehead atoms. The standard InChI is InChI=1S/C12H16Cl2N4O/c1-2-12(3-5-15-6-4-12)11(19)18-10-8(13)9(14)16-7-17-10/h7,15H,2-6H2,1H3,(H,16,17,18,19). The molecule has 1 aromatic heterocycles. The molecule has 1 amide bonds. The lowest BCUT2D eigenvalue weighted by molar-refractivity contribution is -0.127. The van der Waals surface area contributed by atoms with Gasteiger partial charge in [0.1, 0.15) is 11.3 Å². The zero-order valence-corrected chi connectivity index (χ0v) is 12.2. The SMILES string of the molecule is CCC1(C(=O)Nc2ncnc(Cl)c2Cl)CCNCC1. The Bertz CT molecular complexity index is 475. The molecule has 1 aliphatic rings. The number of nitrogens with one attached hydrogen (secondary N) is 2. The molecule has 0 saturated carbocycles. The van der Waals surface area contributed by atoms with E-state index >= 15 is 0 Å². The van der Waals surface area contributed by atoms with E-state index in [1.165, 1.54) is 6.33 Å². The first-order chi connectivity index (χ1) is 9.09. The molecule has 19 heavy (non-hydrogen) atoms. The van der Waals surface area contributed by atoms with E-state index in [1.807, 2.05) is 6.92 Å². The van der Waals surface area contributed by atoms with E-state index in [1.54, 1.807) is 0 Å². The third-order valence-corrected chi connectivity index (χ3v) is 4.44. The number of nitrogens with zero attached hydrogens (tertiary/aromatic N) is 2. The Labute approximate surface area is 122 Å². The summed E-state index contributed by atoms with van der Waals surface area (Å²) >= 11 is 11.8. The Morgan fingerprint density at radius 2 is 2.11 bits per heavy atom. The lowest BCUT2D eigenvalue weighted by atomic mass is 9.76. The first-order valence-electron chi connectivity index (χ1n) is 6.27. The Morgan fingerprint density at radius 1 is 1.42 bits per heavy atom. The van der Waals surface area contributed by atoms with Crippen molar-refractivity contribution < 1.29 is 4.79 Å². The van der Waals surface area contributed by atoms with E-state index in [0.29, 0.717) is 0 Å². The molecule has 2 N–H and O–H groups in total. The van der Waals surface area contributed by atoms with Gasteiger partial charge in [-0.3, -0.25) is 4.79 Å². The zero-order valence-electron chi connectivity index (χ0n) is 10.7. The van der Waals surface area contributed by atoms with Gasteiger partial charge in [-0.2, -0.15) is 0 Å². The van der Waals surface area contributed by atoms with E-state index < -0.39 is 0 Å². The van der Waals surface area contributed by atoms with Gasteiger partial charge in [0.05, 0.1) is 5.41 Å². The monoisotopic (exact) mass is 302 g/mol. The van der Waals surface area contributed by atoms with Gasteiger partial charge in [0.25, 0.3) is 0 Å². The fourth-order valence-corrected chi connectivity index (χ4v) is 2.60. The number of carbonyl (C=O) groups excluding carboxylic acids is 1. The molecule has 2 rings (SSSR count). The van der Waals surface area contributed by atoms with Crippen molar-refractivity contribution in [2.75, 3.05) is 18.4 Å². The minimum Gasteiger partial charge on any atom is -0.317 e. The molecule has 7 heteroatoms. The molecular weight excluding hydrogens is 287 g/mol. The number of anilines is 1. The molecule has 1 saturated heterocycles. The molecule has 2 heterocycles. The summed E-state index contributed by atoms with van der Waals surface area (Å²) in [6.07, 6.45) is 3.69. The van der Waals surface area contributed by atoms with Crippen molar-refractivity contribution in [3.8, 4) is 0 Å². The molecule has 1 aliphatic heterocycles. The van der Waals surface area contributed by atoms with Crippen LogP contribution in [0.15, 0.2) is 6.33 Å². The van der Waals surface area contributed by atoms with Gasteiger partial charge in [-0.25, -0.2) is 9.97 Å². The number of rotatable bonds is 3. The van der Waals surface area contributed by atoms with Crippen LogP contribution in [-0.4, -0.2) is 29.0 Å². The maximum absolute atomic E-state index is 12.5. The van der Waals surface area contributed by atoms with Gasteiger partial charge in [-0.05, 0) is 32.4 Å². The van der Waals surface area contributed by atoms with Gasteiger partial charge >= 0.3 is 0 Å². The summed E-state index contributed by atoms with van der Waals surface area (Å²) in [7, 11) is 0. The first kappa shape index (κ1) is 14.5. The van der Waals surface area contributed by atoms with Crippen molar-refractivity contribution in [2.45, 2.75) is 26.2 Å². The molecule has 0 aromatic carbocycles. The number of amides is 1. The van der Waals surface area contributed by atoms with Crippen LogP contribution in [0.4, 0.5) is 5.82 Å². The summed E-state index contributed by atoms with van der Waals surface area (Å²) in [6.45, 7) is 3.72. The third-order valence-electron chi connectivity index (χ3n) is 3.70. The summed E-state index contributed by atoms with van der Waals surface area (Å²) in [6, 6.07) is 0. The number of hydrogen-bond donors (Lipinski definition) is 2. The van der Waals surface area contributed by atoms with Crippen molar-refractivity contribution in [2.24, 2.45) is 5.41 Å². The lowest BCUT2D eigenvalue weighted by Gasteiger charge is -2.35. The topological polar surface area (TPSA) is 66.9 Å². The second-order valence-corrected chi connectivity index (χ2v) is 5.40. The number of piperidine rings is 1. The highest BCUT2D eigenvalue weighted by atomic mass is 35.5. The quantitative estimate of drug-likeness (QED) is 0.842. The summed E-state index contributed by atoms with van der Waals surface area (Å²) < 4.78 is 0. The average molecular weight is 303 g/mol. The van der Waals surface area contributed by atoms with Gasteiger partial charge < -0.3 is 10.6 Å². The van der Waals surface area contributed by atoms with Crippen LogP contribution >= 0.6 is 23.2 Å². The molecular formula is C12H16Cl2N4O. The summed E-state index contributed by atoms with van der Waals surface area (Å²) in [5, 5.41) is 6.36. The second kappa shape index (κ2) is 6.03. The van der Waals surface area contributed by atoms with E-state index in [9.17, 15) is 4.79 Å². The lowest BCUT2D eigenvalue weighted by Crippen LogP contribution is -2.44. The number of aromatic nitrogens is 2. The van der Waals surface area contributed by atoms with Crippen LogP contribution in [0, 0.1) is 5.41 Å². The Morgan fingerprint density at radius 3 is 2.74 bits per heavy atom. The minimum absolute atomic E-state index is 0.0480. The zero-order chi connectivity index (χ0) is 13.9. The number of hydrogen-bond acceptors (Lipinski definition) is 4. The van der Waals surface area contributed by atoms with Crippen LogP contribution in [0.25, 0.3) is 0 Å². The fraction of sp³-hybridized carbons (Fsp3) is 0.583. The van der Waals surface area contributed by atoms with Crippen LogP contribution in [0.5, 0.6) is 0 Å². The predicted octanol–water partition coefficient (Wildman–Crippen LogP) is 2.50. The highest BCUT2D eigenvalue weighted by Gasteiger charge is 2.38. The van der Waals surface area contributed by atoms with Gasteiger partial charge in [0, 0.05) is 0 Å². The van der Waals surface area contributed by atoms with E-state index in [-0.39, 0.29) is 27.3 Å². The molecule has 0 atom stereocenters. The van der Waals surface area contributed by atoms with E-state index in [0.717, 1.165) is 32.4 Å². The molecule has 1 aromatic rings. The number of halogens is 2. The minimum atomic E-state index is -0.355. The highest BCUT2D eigenvalue weighted by molar-refractivity contribution is 6.42. The second-order valence-electron chi connectivity index (χ2n) is 4.67. The van der Waals surface area contributed by atoms with Crippen LogP contribution in [0.1, 0.15) is 26.2 Å². The molecule has 1 fully saturated rings. The van der Waals surface area contributed by atoms with Gasteiger partial charge in [0.2, 0.25) is 5.91 Å². The van der Waals surface area contributed by atoms with Crippen LogP contribution < -0.4 is 10.6 Å². The first-order valence-corrected chi connectivity index (χ1v) is 7.03. The van der Waals surface area contributed by atoms with E-state index in [4.69, 9.17) is 23.2 Å². The van der Waals surface area contributed by atoms with Gasteiger partial charge in [-0.1, -0.05) is 30.1 Å². The van der Waals surface area contributed by atoms with Crippen molar-refractivity contribution in [3.05, 3.63) is 16.5 Å². The maximum Gasteiger partial charge on any atom is 0.231 e. The smallest absolute Gasteiger partial charge is 0.231 e. The maximum atomic E-state index is 12.5. The van der Waals surface area contributed by atoms with Crippen LogP contribution in [-0.2, 0) is 4.79 Å². The van der Waals surface area contributed by atoms with Crippen LogP contribution in [0.2, 0.25) is 10.2 Å². The molecule has 0 radical (unpaired) electrons. The molecule has 0 aliphatic carbocycles. The fourth-order valence-electron chi connectivity index (χ4n) is 2.32. The number of carbonyl (C=O) groups is 1. The van der Waals surface area contributed by atoms with Crippen molar-refractivity contribution in [1.82, 2.24) is 15.3 Å². The third kappa shape index (κ3) is 2.99. The van der Waals surface area contributed by atoms with Crippen molar-refractivity contribution in [3.63, 3.8) is 0 Å². The van der Waals surface area contributed by atoms with Crippen molar-refractivity contribution in [1.29, 1.82) is 0 Å². The van der Waals surface area contributed by atoms with E-state index in [2.05, 4.69) is 20.6 Å². The molecule has 104 valence electrons. The largest absolute Gasteiger partial charge is 0.317 e. The van der Waals surface area contributed by atoms with Crippen molar-refractivity contribution >= 4 is 34.9 Å². The summed E-state index contributed by atoms with van der Waals surface area (Å²) in [4.78, 5) is 20.2. The highest BCUT2D eigenvalue weighted by Crippen LogP contribution is 2.35. The summed E-state index contributed by atoms with van der Waals surface area (Å²) in [5.41, 5.74) is -0.355. The predicted molar refractivity (Wildman–Crippen MR) is 75.5 cm³/mol. The molecule has 0 spiro atoms.